The van der Waals surface area contributed by atoms with E-state index in [1.165, 1.54) is 12.8 Å². The van der Waals surface area contributed by atoms with Crippen LogP contribution in [0.5, 0.6) is 0 Å². The molecule has 1 aliphatic rings. The van der Waals surface area contributed by atoms with Gasteiger partial charge in [-0.05, 0) is 46.6 Å². The van der Waals surface area contributed by atoms with E-state index in [0.717, 1.165) is 17.0 Å². The van der Waals surface area contributed by atoms with Crippen molar-refractivity contribution in [1.82, 2.24) is 9.47 Å². The van der Waals surface area contributed by atoms with E-state index in [1.54, 1.807) is 25.8 Å². The number of nitrogens with zero attached hydrogens (tertiary/aromatic N) is 2. The van der Waals surface area contributed by atoms with Crippen molar-refractivity contribution in [1.29, 1.82) is 0 Å². The van der Waals surface area contributed by atoms with Gasteiger partial charge in [-0.15, -0.1) is 0 Å². The second-order valence-electron chi connectivity index (χ2n) is 6.36. The standard InChI is InChI=1S/C15H24N2O2/c1-10-8-13(11(2)17(10)12-6-7-12)14(18)16(5)9-15(3,4)19/h8,12,19H,6-7,9H2,1-5H3. The molecule has 2 rings (SSSR count). The molecule has 1 N–H and O–H groups in total. The predicted octanol–water partition coefficient (Wildman–Crippen LogP) is 2.28. The molecule has 1 heterocycles. The van der Waals surface area contributed by atoms with E-state index >= 15 is 0 Å². The molecule has 4 heteroatoms. The van der Waals surface area contributed by atoms with Gasteiger partial charge in [0.05, 0.1) is 11.2 Å². The fourth-order valence-corrected chi connectivity index (χ4v) is 2.75. The summed E-state index contributed by atoms with van der Waals surface area (Å²) in [5, 5.41) is 9.81. The Kier molecular flexibility index (Phi) is 3.47. The minimum Gasteiger partial charge on any atom is -0.389 e. The average molecular weight is 264 g/mol. The van der Waals surface area contributed by atoms with Crippen LogP contribution in [0.4, 0.5) is 0 Å². The number of aryl methyl sites for hydroxylation is 1. The molecule has 1 saturated carbocycles. The second-order valence-corrected chi connectivity index (χ2v) is 6.36. The molecule has 0 bridgehead atoms. The van der Waals surface area contributed by atoms with E-state index in [2.05, 4.69) is 11.5 Å². The third-order valence-corrected chi connectivity index (χ3v) is 3.60. The van der Waals surface area contributed by atoms with Crippen molar-refractivity contribution in [2.24, 2.45) is 0 Å². The SMILES string of the molecule is Cc1cc(C(=O)N(C)CC(C)(C)O)c(C)n1C1CC1. The Hall–Kier alpha value is -1.29. The van der Waals surface area contributed by atoms with Crippen molar-refractivity contribution >= 4 is 5.91 Å². The minimum absolute atomic E-state index is 0.0119. The Morgan fingerprint density at radius 1 is 1.47 bits per heavy atom. The third kappa shape index (κ3) is 3.00. The summed E-state index contributed by atoms with van der Waals surface area (Å²) in [4.78, 5) is 14.0. The van der Waals surface area contributed by atoms with Crippen LogP contribution in [-0.2, 0) is 0 Å². The molecule has 1 aromatic heterocycles. The molecule has 0 atom stereocenters. The van der Waals surface area contributed by atoms with E-state index in [1.807, 2.05) is 13.0 Å². The first-order valence-electron chi connectivity index (χ1n) is 6.87. The molecule has 0 unspecified atom stereocenters. The summed E-state index contributed by atoms with van der Waals surface area (Å²) in [6.07, 6.45) is 2.42. The lowest BCUT2D eigenvalue weighted by Gasteiger charge is -2.25. The van der Waals surface area contributed by atoms with Crippen molar-refractivity contribution in [2.45, 2.75) is 52.2 Å². The van der Waals surface area contributed by atoms with E-state index in [4.69, 9.17) is 0 Å². The van der Waals surface area contributed by atoms with Crippen LogP contribution >= 0.6 is 0 Å². The van der Waals surface area contributed by atoms with Gasteiger partial charge in [-0.2, -0.15) is 0 Å². The first kappa shape index (κ1) is 14.1. The van der Waals surface area contributed by atoms with E-state index in [9.17, 15) is 9.90 Å². The summed E-state index contributed by atoms with van der Waals surface area (Å²) < 4.78 is 2.27. The highest BCUT2D eigenvalue weighted by Gasteiger charge is 2.29. The van der Waals surface area contributed by atoms with Crippen molar-refractivity contribution < 1.29 is 9.90 Å². The largest absolute Gasteiger partial charge is 0.389 e. The van der Waals surface area contributed by atoms with Crippen LogP contribution in [0.1, 0.15) is 54.5 Å². The highest BCUT2D eigenvalue weighted by atomic mass is 16.3. The van der Waals surface area contributed by atoms with Crippen molar-refractivity contribution in [2.75, 3.05) is 13.6 Å². The van der Waals surface area contributed by atoms with Gasteiger partial charge in [-0.3, -0.25) is 4.79 Å². The van der Waals surface area contributed by atoms with Gasteiger partial charge in [0.25, 0.3) is 5.91 Å². The molecule has 0 aliphatic heterocycles. The zero-order chi connectivity index (χ0) is 14.4. The van der Waals surface area contributed by atoms with Crippen LogP contribution in [0.2, 0.25) is 0 Å². The number of rotatable bonds is 4. The number of aromatic nitrogens is 1. The quantitative estimate of drug-likeness (QED) is 0.907. The average Bonchev–Trinajstić information content (AvgIpc) is 3.03. The summed E-state index contributed by atoms with van der Waals surface area (Å²) in [7, 11) is 1.74. The molecule has 1 aliphatic carbocycles. The number of carbonyl (C=O) groups is 1. The zero-order valence-corrected chi connectivity index (χ0v) is 12.5. The van der Waals surface area contributed by atoms with Gasteiger partial charge >= 0.3 is 0 Å². The molecule has 106 valence electrons. The predicted molar refractivity (Wildman–Crippen MR) is 75.4 cm³/mol. The number of aliphatic hydroxyl groups is 1. The van der Waals surface area contributed by atoms with Gasteiger partial charge < -0.3 is 14.6 Å². The van der Waals surface area contributed by atoms with Gasteiger partial charge in [-0.1, -0.05) is 0 Å². The van der Waals surface area contributed by atoms with Gasteiger partial charge in [0.2, 0.25) is 0 Å². The summed E-state index contributed by atoms with van der Waals surface area (Å²) in [6, 6.07) is 2.55. The highest BCUT2D eigenvalue weighted by molar-refractivity contribution is 5.95. The van der Waals surface area contributed by atoms with Crippen LogP contribution < -0.4 is 0 Å². The number of hydrogen-bond acceptors (Lipinski definition) is 2. The number of hydrogen-bond donors (Lipinski definition) is 1. The van der Waals surface area contributed by atoms with Gasteiger partial charge in [0, 0.05) is 31.0 Å². The molecule has 1 amide bonds. The summed E-state index contributed by atoms with van der Waals surface area (Å²) in [5.74, 6) is -0.0119. The molecular weight excluding hydrogens is 240 g/mol. The third-order valence-electron chi connectivity index (χ3n) is 3.60. The molecule has 0 aromatic carbocycles. The summed E-state index contributed by atoms with van der Waals surface area (Å²) in [6.45, 7) is 7.82. The second kappa shape index (κ2) is 4.67. The molecule has 0 radical (unpaired) electrons. The topological polar surface area (TPSA) is 45.5 Å². The van der Waals surface area contributed by atoms with Gasteiger partial charge in [0.15, 0.2) is 0 Å². The highest BCUT2D eigenvalue weighted by Crippen LogP contribution is 2.38. The Morgan fingerprint density at radius 2 is 2.05 bits per heavy atom. The lowest BCUT2D eigenvalue weighted by Crippen LogP contribution is -2.39. The first-order chi connectivity index (χ1) is 8.70. The number of amides is 1. The van der Waals surface area contributed by atoms with Crippen LogP contribution in [0.25, 0.3) is 0 Å². The Morgan fingerprint density at radius 3 is 2.53 bits per heavy atom. The van der Waals surface area contributed by atoms with Crippen LogP contribution in [0.15, 0.2) is 6.07 Å². The van der Waals surface area contributed by atoms with Crippen molar-refractivity contribution in [3.8, 4) is 0 Å². The summed E-state index contributed by atoms with van der Waals surface area (Å²) >= 11 is 0. The molecule has 19 heavy (non-hydrogen) atoms. The zero-order valence-electron chi connectivity index (χ0n) is 12.5. The van der Waals surface area contributed by atoms with Crippen molar-refractivity contribution in [3.63, 3.8) is 0 Å². The van der Waals surface area contributed by atoms with E-state index in [-0.39, 0.29) is 5.91 Å². The fraction of sp³-hybridized carbons (Fsp3) is 0.667. The Balaban J connectivity index is 2.22. The van der Waals surface area contributed by atoms with E-state index < -0.39 is 5.60 Å². The number of likely N-dealkylation sites (N-methyl/N-ethyl adjacent to an activating group) is 1. The molecular formula is C15H24N2O2. The van der Waals surface area contributed by atoms with Crippen molar-refractivity contribution in [3.05, 3.63) is 23.0 Å². The molecule has 1 aromatic rings. The first-order valence-corrected chi connectivity index (χ1v) is 6.87. The van der Waals surface area contributed by atoms with Gasteiger partial charge in [0.1, 0.15) is 0 Å². The van der Waals surface area contributed by atoms with Crippen LogP contribution in [0, 0.1) is 13.8 Å². The Bertz CT molecular complexity index is 493. The van der Waals surface area contributed by atoms with E-state index in [0.29, 0.717) is 12.6 Å². The maximum absolute atomic E-state index is 12.5. The summed E-state index contributed by atoms with van der Waals surface area (Å²) in [5.41, 5.74) is 2.09. The lowest BCUT2D eigenvalue weighted by molar-refractivity contribution is 0.0367. The molecule has 0 saturated heterocycles. The van der Waals surface area contributed by atoms with Crippen LogP contribution in [0.3, 0.4) is 0 Å². The molecule has 1 fully saturated rings. The number of carbonyl (C=O) groups excluding carboxylic acids is 1. The minimum atomic E-state index is -0.869. The maximum atomic E-state index is 12.5. The maximum Gasteiger partial charge on any atom is 0.255 e. The van der Waals surface area contributed by atoms with Crippen LogP contribution in [-0.4, -0.2) is 39.7 Å². The monoisotopic (exact) mass is 264 g/mol. The van der Waals surface area contributed by atoms with Gasteiger partial charge in [-0.25, -0.2) is 0 Å². The smallest absolute Gasteiger partial charge is 0.255 e. The Labute approximate surface area is 115 Å². The normalized spacial score (nSPS) is 15.7. The fourth-order valence-electron chi connectivity index (χ4n) is 2.75. The molecule has 0 spiro atoms. The molecule has 4 nitrogen and oxygen atoms in total. The lowest BCUT2D eigenvalue weighted by atomic mass is 10.1.